The number of nitrogens with one attached hydrogen (secondary N) is 2. The number of anilines is 1. The highest BCUT2D eigenvalue weighted by molar-refractivity contribution is 5.95. The van der Waals surface area contributed by atoms with Gasteiger partial charge in [-0.15, -0.1) is 0 Å². The van der Waals surface area contributed by atoms with E-state index in [1.54, 1.807) is 4.90 Å². The number of amides is 1. The monoisotopic (exact) mass is 259 g/mol. The summed E-state index contributed by atoms with van der Waals surface area (Å²) in [5, 5.41) is 0. The van der Waals surface area contributed by atoms with Crippen molar-refractivity contribution in [2.75, 3.05) is 18.5 Å². The van der Waals surface area contributed by atoms with E-state index >= 15 is 0 Å². The topological polar surface area (TPSA) is 44.4 Å². The smallest absolute Gasteiger partial charge is 0.231 e. The molecule has 0 radical (unpaired) electrons. The standard InChI is InChI=1S/C15H21N3O/c1-18(12-7-3-2-4-8-12)15(19)13-9-5-6-11-10-16-17-14(11)13/h2-4,7-8,11,13-14,16-17H,5-6,9-10H2,1H3. The zero-order valence-corrected chi connectivity index (χ0v) is 11.3. The van der Waals surface area contributed by atoms with Crippen LogP contribution in [0.4, 0.5) is 5.69 Å². The molecule has 0 spiro atoms. The number of para-hydroxylation sites is 1. The fourth-order valence-electron chi connectivity index (χ4n) is 3.35. The number of hydrazine groups is 1. The Morgan fingerprint density at radius 3 is 2.84 bits per heavy atom. The maximum absolute atomic E-state index is 12.7. The van der Waals surface area contributed by atoms with Crippen LogP contribution >= 0.6 is 0 Å². The minimum atomic E-state index is 0.0963. The van der Waals surface area contributed by atoms with Crippen LogP contribution in [0.5, 0.6) is 0 Å². The summed E-state index contributed by atoms with van der Waals surface area (Å²) in [6.07, 6.45) is 3.37. The highest BCUT2D eigenvalue weighted by Crippen LogP contribution is 2.33. The van der Waals surface area contributed by atoms with Crippen LogP contribution in [0.2, 0.25) is 0 Å². The summed E-state index contributed by atoms with van der Waals surface area (Å²) in [6.45, 7) is 0.990. The third-order valence-corrected chi connectivity index (χ3v) is 4.46. The summed E-state index contributed by atoms with van der Waals surface area (Å²) in [6, 6.07) is 10.2. The molecule has 1 heterocycles. The van der Waals surface area contributed by atoms with E-state index in [-0.39, 0.29) is 11.8 Å². The Labute approximate surface area is 114 Å². The molecule has 102 valence electrons. The molecule has 3 unspecified atom stereocenters. The lowest BCUT2D eigenvalue weighted by atomic mass is 9.77. The lowest BCUT2D eigenvalue weighted by Gasteiger charge is -2.34. The second-order valence-corrected chi connectivity index (χ2v) is 5.58. The van der Waals surface area contributed by atoms with E-state index in [1.165, 1.54) is 6.42 Å². The summed E-state index contributed by atoms with van der Waals surface area (Å²) in [5.74, 6) is 0.933. The molecule has 2 fully saturated rings. The van der Waals surface area contributed by atoms with E-state index in [9.17, 15) is 4.79 Å². The molecule has 1 saturated carbocycles. The van der Waals surface area contributed by atoms with Crippen molar-refractivity contribution in [2.24, 2.45) is 11.8 Å². The number of carbonyl (C=O) groups excluding carboxylic acids is 1. The molecule has 0 aromatic heterocycles. The average Bonchev–Trinajstić information content (AvgIpc) is 2.95. The van der Waals surface area contributed by atoms with Gasteiger partial charge in [0.25, 0.3) is 0 Å². The number of nitrogens with zero attached hydrogens (tertiary/aromatic N) is 1. The minimum Gasteiger partial charge on any atom is -0.315 e. The Morgan fingerprint density at radius 1 is 1.26 bits per heavy atom. The summed E-state index contributed by atoms with van der Waals surface area (Å²) >= 11 is 0. The second kappa shape index (κ2) is 5.31. The maximum atomic E-state index is 12.7. The normalized spacial score (nSPS) is 29.8. The largest absolute Gasteiger partial charge is 0.315 e. The van der Waals surface area contributed by atoms with E-state index in [0.717, 1.165) is 25.1 Å². The van der Waals surface area contributed by atoms with Gasteiger partial charge in [-0.05, 0) is 30.9 Å². The number of benzene rings is 1. The van der Waals surface area contributed by atoms with E-state index in [0.29, 0.717) is 12.0 Å². The van der Waals surface area contributed by atoms with Gasteiger partial charge in [0.2, 0.25) is 5.91 Å². The first-order chi connectivity index (χ1) is 9.27. The summed E-state index contributed by atoms with van der Waals surface area (Å²) < 4.78 is 0. The Hall–Kier alpha value is -1.39. The Morgan fingerprint density at radius 2 is 2.05 bits per heavy atom. The Kier molecular flexibility index (Phi) is 3.53. The highest BCUT2D eigenvalue weighted by Gasteiger charge is 2.41. The van der Waals surface area contributed by atoms with Gasteiger partial charge in [-0.3, -0.25) is 15.6 Å². The lowest BCUT2D eigenvalue weighted by molar-refractivity contribution is -0.124. The molecule has 1 aromatic carbocycles. The van der Waals surface area contributed by atoms with Crippen LogP contribution in [0.15, 0.2) is 30.3 Å². The van der Waals surface area contributed by atoms with E-state index in [4.69, 9.17) is 0 Å². The van der Waals surface area contributed by atoms with Gasteiger partial charge in [-0.1, -0.05) is 24.6 Å². The predicted molar refractivity (Wildman–Crippen MR) is 75.6 cm³/mol. The van der Waals surface area contributed by atoms with Crippen LogP contribution in [0.25, 0.3) is 0 Å². The maximum Gasteiger partial charge on any atom is 0.231 e. The molecular formula is C15H21N3O. The molecule has 2 N–H and O–H groups in total. The van der Waals surface area contributed by atoms with Gasteiger partial charge >= 0.3 is 0 Å². The molecule has 1 aliphatic carbocycles. The van der Waals surface area contributed by atoms with Crippen molar-refractivity contribution in [2.45, 2.75) is 25.3 Å². The van der Waals surface area contributed by atoms with Crippen molar-refractivity contribution in [3.05, 3.63) is 30.3 Å². The van der Waals surface area contributed by atoms with Crippen molar-refractivity contribution in [3.8, 4) is 0 Å². The van der Waals surface area contributed by atoms with Gasteiger partial charge in [-0.25, -0.2) is 0 Å². The van der Waals surface area contributed by atoms with Gasteiger partial charge in [-0.2, -0.15) is 0 Å². The number of hydrogen-bond acceptors (Lipinski definition) is 3. The highest BCUT2D eigenvalue weighted by atomic mass is 16.2. The van der Waals surface area contributed by atoms with E-state index < -0.39 is 0 Å². The molecule has 1 aromatic rings. The number of rotatable bonds is 2. The first-order valence-electron chi connectivity index (χ1n) is 7.08. The van der Waals surface area contributed by atoms with Crippen molar-refractivity contribution in [3.63, 3.8) is 0 Å². The molecule has 1 aliphatic heterocycles. The minimum absolute atomic E-state index is 0.0963. The van der Waals surface area contributed by atoms with Gasteiger partial charge in [0.1, 0.15) is 0 Å². The van der Waals surface area contributed by atoms with Gasteiger partial charge in [0.05, 0.1) is 5.92 Å². The molecule has 3 atom stereocenters. The molecule has 1 saturated heterocycles. The number of hydrogen-bond donors (Lipinski definition) is 2. The van der Waals surface area contributed by atoms with Crippen LogP contribution in [-0.2, 0) is 4.79 Å². The molecule has 19 heavy (non-hydrogen) atoms. The van der Waals surface area contributed by atoms with Crippen molar-refractivity contribution in [1.82, 2.24) is 10.9 Å². The molecular weight excluding hydrogens is 238 g/mol. The van der Waals surface area contributed by atoms with Crippen molar-refractivity contribution >= 4 is 11.6 Å². The SMILES string of the molecule is CN(C(=O)C1CCCC2CNNC21)c1ccccc1. The average molecular weight is 259 g/mol. The molecule has 4 nitrogen and oxygen atoms in total. The molecule has 2 aliphatic rings. The Balaban J connectivity index is 1.76. The van der Waals surface area contributed by atoms with Crippen LogP contribution in [-0.4, -0.2) is 25.5 Å². The zero-order valence-electron chi connectivity index (χ0n) is 11.3. The van der Waals surface area contributed by atoms with Crippen LogP contribution in [0.1, 0.15) is 19.3 Å². The third-order valence-electron chi connectivity index (χ3n) is 4.46. The summed E-state index contributed by atoms with van der Waals surface area (Å²) in [5.41, 5.74) is 7.48. The quantitative estimate of drug-likeness (QED) is 0.847. The first-order valence-corrected chi connectivity index (χ1v) is 7.08. The molecule has 3 rings (SSSR count). The fourth-order valence-corrected chi connectivity index (χ4v) is 3.35. The molecule has 4 heteroatoms. The number of fused-ring (bicyclic) bond motifs is 1. The van der Waals surface area contributed by atoms with Crippen LogP contribution in [0, 0.1) is 11.8 Å². The van der Waals surface area contributed by atoms with Gasteiger partial charge in [0, 0.05) is 25.3 Å². The first kappa shape index (κ1) is 12.6. The van der Waals surface area contributed by atoms with Crippen LogP contribution < -0.4 is 15.8 Å². The number of carbonyl (C=O) groups is 1. The molecule has 0 bridgehead atoms. The third kappa shape index (κ3) is 2.38. The van der Waals surface area contributed by atoms with E-state index in [2.05, 4.69) is 10.9 Å². The fraction of sp³-hybridized carbons (Fsp3) is 0.533. The lowest BCUT2D eigenvalue weighted by Crippen LogP contribution is -2.48. The zero-order chi connectivity index (χ0) is 13.2. The molecule has 1 amide bonds. The van der Waals surface area contributed by atoms with Gasteiger partial charge in [0.15, 0.2) is 0 Å². The summed E-state index contributed by atoms with van der Waals surface area (Å²) in [4.78, 5) is 14.5. The van der Waals surface area contributed by atoms with Crippen molar-refractivity contribution < 1.29 is 4.79 Å². The van der Waals surface area contributed by atoms with Gasteiger partial charge < -0.3 is 4.90 Å². The van der Waals surface area contributed by atoms with Crippen molar-refractivity contribution in [1.29, 1.82) is 0 Å². The van der Waals surface area contributed by atoms with E-state index in [1.807, 2.05) is 37.4 Å². The summed E-state index contributed by atoms with van der Waals surface area (Å²) in [7, 11) is 1.88. The predicted octanol–water partition coefficient (Wildman–Crippen LogP) is 1.54. The van der Waals surface area contributed by atoms with Crippen LogP contribution in [0.3, 0.4) is 0 Å². The second-order valence-electron chi connectivity index (χ2n) is 5.58. The Bertz CT molecular complexity index is 448.